The molecular weight excluding hydrogens is 232 g/mol. The smallest absolute Gasteiger partial charge is 0.0704 e. The number of benzene rings is 1. The van der Waals surface area contributed by atoms with Gasteiger partial charge in [-0.15, -0.1) is 0 Å². The van der Waals surface area contributed by atoms with Crippen LogP contribution in [0.3, 0.4) is 0 Å². The molecule has 102 valence electrons. The molecule has 0 amide bonds. The number of hydrogen-bond donors (Lipinski definition) is 1. The summed E-state index contributed by atoms with van der Waals surface area (Å²) in [6, 6.07) is 11.1. The number of para-hydroxylation sites is 1. The Balaban J connectivity index is 2.50. The van der Waals surface area contributed by atoms with Crippen molar-refractivity contribution in [2.45, 2.75) is 39.7 Å². The van der Waals surface area contributed by atoms with Crippen LogP contribution in [-0.4, -0.2) is 17.6 Å². The zero-order chi connectivity index (χ0) is 13.8. The van der Waals surface area contributed by atoms with E-state index in [4.69, 9.17) is 0 Å². The Kier molecular flexibility index (Phi) is 4.54. The van der Waals surface area contributed by atoms with E-state index in [1.54, 1.807) is 0 Å². The Morgan fingerprint density at radius 2 is 1.84 bits per heavy atom. The van der Waals surface area contributed by atoms with Gasteiger partial charge >= 0.3 is 0 Å². The number of pyridine rings is 1. The fourth-order valence-electron chi connectivity index (χ4n) is 3.06. The van der Waals surface area contributed by atoms with Gasteiger partial charge in [-0.05, 0) is 37.1 Å². The SMILES string of the molecule is CCNC(C)C(c1ccnc2ccccc12)C(C)C. The molecule has 0 fully saturated rings. The summed E-state index contributed by atoms with van der Waals surface area (Å²) < 4.78 is 0. The summed E-state index contributed by atoms with van der Waals surface area (Å²) in [6.45, 7) is 10.1. The van der Waals surface area contributed by atoms with Gasteiger partial charge in [0.25, 0.3) is 0 Å². The highest BCUT2D eigenvalue weighted by molar-refractivity contribution is 5.82. The summed E-state index contributed by atoms with van der Waals surface area (Å²) in [7, 11) is 0. The van der Waals surface area contributed by atoms with E-state index in [2.05, 4.69) is 68.3 Å². The molecule has 19 heavy (non-hydrogen) atoms. The monoisotopic (exact) mass is 256 g/mol. The minimum absolute atomic E-state index is 0.468. The van der Waals surface area contributed by atoms with Crippen molar-refractivity contribution in [3.63, 3.8) is 0 Å². The minimum Gasteiger partial charge on any atom is -0.314 e. The van der Waals surface area contributed by atoms with Gasteiger partial charge < -0.3 is 5.32 Å². The van der Waals surface area contributed by atoms with Crippen molar-refractivity contribution in [1.29, 1.82) is 0 Å². The molecule has 0 saturated carbocycles. The van der Waals surface area contributed by atoms with Gasteiger partial charge in [-0.3, -0.25) is 4.98 Å². The molecule has 1 aromatic carbocycles. The van der Waals surface area contributed by atoms with Crippen molar-refractivity contribution in [2.75, 3.05) is 6.54 Å². The number of nitrogens with zero attached hydrogens (tertiary/aromatic N) is 1. The van der Waals surface area contributed by atoms with Crippen LogP contribution < -0.4 is 5.32 Å². The van der Waals surface area contributed by atoms with E-state index in [-0.39, 0.29) is 0 Å². The van der Waals surface area contributed by atoms with E-state index in [0.29, 0.717) is 17.9 Å². The van der Waals surface area contributed by atoms with E-state index in [0.717, 1.165) is 12.1 Å². The van der Waals surface area contributed by atoms with E-state index < -0.39 is 0 Å². The minimum atomic E-state index is 0.468. The topological polar surface area (TPSA) is 24.9 Å². The van der Waals surface area contributed by atoms with Crippen LogP contribution in [0.5, 0.6) is 0 Å². The van der Waals surface area contributed by atoms with Gasteiger partial charge in [0.2, 0.25) is 0 Å². The van der Waals surface area contributed by atoms with Crippen LogP contribution >= 0.6 is 0 Å². The average Bonchev–Trinajstić information content (AvgIpc) is 2.39. The fourth-order valence-corrected chi connectivity index (χ4v) is 3.06. The third-order valence-electron chi connectivity index (χ3n) is 3.82. The first-order valence-electron chi connectivity index (χ1n) is 7.22. The number of rotatable bonds is 5. The van der Waals surface area contributed by atoms with E-state index in [1.165, 1.54) is 10.9 Å². The standard InChI is InChI=1S/C17H24N2/c1-5-18-13(4)17(12(2)3)15-10-11-19-16-9-7-6-8-14(15)16/h6-13,17-18H,5H2,1-4H3. The molecule has 0 radical (unpaired) electrons. The van der Waals surface area contributed by atoms with Crippen LogP contribution in [0.4, 0.5) is 0 Å². The quantitative estimate of drug-likeness (QED) is 0.875. The number of hydrogen-bond acceptors (Lipinski definition) is 2. The molecule has 1 N–H and O–H groups in total. The zero-order valence-electron chi connectivity index (χ0n) is 12.4. The Bertz CT molecular complexity index is 528. The first-order valence-corrected chi connectivity index (χ1v) is 7.22. The summed E-state index contributed by atoms with van der Waals surface area (Å²) in [5, 5.41) is 4.86. The Morgan fingerprint density at radius 1 is 1.11 bits per heavy atom. The Morgan fingerprint density at radius 3 is 2.53 bits per heavy atom. The maximum Gasteiger partial charge on any atom is 0.0704 e. The largest absolute Gasteiger partial charge is 0.314 e. The molecule has 2 atom stereocenters. The van der Waals surface area contributed by atoms with Crippen molar-refractivity contribution in [3.8, 4) is 0 Å². The molecule has 2 rings (SSSR count). The predicted molar refractivity (Wildman–Crippen MR) is 82.5 cm³/mol. The molecule has 0 aliphatic rings. The van der Waals surface area contributed by atoms with Crippen molar-refractivity contribution in [3.05, 3.63) is 42.1 Å². The molecule has 0 aliphatic carbocycles. The molecule has 2 nitrogen and oxygen atoms in total. The highest BCUT2D eigenvalue weighted by atomic mass is 14.9. The lowest BCUT2D eigenvalue weighted by Gasteiger charge is -2.29. The third kappa shape index (κ3) is 2.95. The molecule has 2 heteroatoms. The summed E-state index contributed by atoms with van der Waals surface area (Å²) in [6.07, 6.45) is 1.94. The second-order valence-electron chi connectivity index (χ2n) is 5.53. The molecule has 0 saturated heterocycles. The molecule has 2 unspecified atom stereocenters. The van der Waals surface area contributed by atoms with Crippen LogP contribution in [0.2, 0.25) is 0 Å². The van der Waals surface area contributed by atoms with Gasteiger partial charge in [-0.1, -0.05) is 39.0 Å². The highest BCUT2D eigenvalue weighted by Gasteiger charge is 2.23. The molecule has 2 aromatic rings. The predicted octanol–water partition coefficient (Wildman–Crippen LogP) is 3.97. The molecule has 0 spiro atoms. The normalized spacial score (nSPS) is 14.8. The van der Waals surface area contributed by atoms with Gasteiger partial charge in [0.15, 0.2) is 0 Å². The lowest BCUT2D eigenvalue weighted by Crippen LogP contribution is -2.34. The second-order valence-corrected chi connectivity index (χ2v) is 5.53. The summed E-state index contributed by atoms with van der Waals surface area (Å²) in [5.74, 6) is 1.10. The highest BCUT2D eigenvalue weighted by Crippen LogP contribution is 2.32. The molecule has 1 heterocycles. The van der Waals surface area contributed by atoms with E-state index >= 15 is 0 Å². The molecule has 1 aromatic heterocycles. The number of nitrogens with one attached hydrogen (secondary N) is 1. The third-order valence-corrected chi connectivity index (χ3v) is 3.82. The van der Waals surface area contributed by atoms with E-state index in [1.807, 2.05) is 6.20 Å². The second kappa shape index (κ2) is 6.16. The maximum absolute atomic E-state index is 4.47. The lowest BCUT2D eigenvalue weighted by molar-refractivity contribution is 0.385. The van der Waals surface area contributed by atoms with Crippen molar-refractivity contribution >= 4 is 10.9 Å². The summed E-state index contributed by atoms with van der Waals surface area (Å²) in [5.41, 5.74) is 2.50. The fraction of sp³-hybridized carbons (Fsp3) is 0.471. The number of fused-ring (bicyclic) bond motifs is 1. The van der Waals surface area contributed by atoms with Crippen molar-refractivity contribution in [1.82, 2.24) is 10.3 Å². The summed E-state index contributed by atoms with van der Waals surface area (Å²) >= 11 is 0. The lowest BCUT2D eigenvalue weighted by atomic mass is 9.81. The van der Waals surface area contributed by atoms with Crippen LogP contribution in [-0.2, 0) is 0 Å². The molecule has 0 aliphatic heterocycles. The maximum atomic E-state index is 4.47. The molecular formula is C17H24N2. The van der Waals surface area contributed by atoms with Gasteiger partial charge in [0.1, 0.15) is 0 Å². The van der Waals surface area contributed by atoms with Gasteiger partial charge in [0, 0.05) is 23.5 Å². The zero-order valence-corrected chi connectivity index (χ0v) is 12.4. The Labute approximate surface area is 116 Å². The van der Waals surface area contributed by atoms with Crippen LogP contribution in [0, 0.1) is 5.92 Å². The first kappa shape index (κ1) is 14.0. The summed E-state index contributed by atoms with van der Waals surface area (Å²) in [4.78, 5) is 4.47. The van der Waals surface area contributed by atoms with E-state index in [9.17, 15) is 0 Å². The van der Waals surface area contributed by atoms with Crippen LogP contribution in [0.15, 0.2) is 36.5 Å². The van der Waals surface area contributed by atoms with Crippen LogP contribution in [0.25, 0.3) is 10.9 Å². The van der Waals surface area contributed by atoms with Crippen molar-refractivity contribution < 1.29 is 0 Å². The number of likely N-dealkylation sites (N-methyl/N-ethyl adjacent to an activating group) is 1. The average molecular weight is 256 g/mol. The van der Waals surface area contributed by atoms with Gasteiger partial charge in [-0.2, -0.15) is 0 Å². The van der Waals surface area contributed by atoms with Gasteiger partial charge in [-0.25, -0.2) is 0 Å². The Hall–Kier alpha value is -1.41. The number of aromatic nitrogens is 1. The molecule has 0 bridgehead atoms. The van der Waals surface area contributed by atoms with Crippen molar-refractivity contribution in [2.24, 2.45) is 5.92 Å². The van der Waals surface area contributed by atoms with Gasteiger partial charge in [0.05, 0.1) is 5.52 Å². The van der Waals surface area contributed by atoms with Crippen LogP contribution in [0.1, 0.15) is 39.2 Å². The first-order chi connectivity index (χ1) is 9.15.